The molecule has 0 bridgehead atoms. The summed E-state index contributed by atoms with van der Waals surface area (Å²) in [7, 11) is 0. The van der Waals surface area contributed by atoms with Gasteiger partial charge in [-0.15, -0.1) is 0 Å². The molecule has 0 aliphatic heterocycles. The maximum atomic E-state index is 13.1. The van der Waals surface area contributed by atoms with E-state index in [1.165, 1.54) is 22.7 Å². The summed E-state index contributed by atoms with van der Waals surface area (Å²) in [6.45, 7) is 1.85. The fourth-order valence-corrected chi connectivity index (χ4v) is 1.88. The average molecular weight is 270 g/mol. The van der Waals surface area contributed by atoms with E-state index in [1.54, 1.807) is 24.4 Å². The molecule has 0 saturated carbocycles. The van der Waals surface area contributed by atoms with Gasteiger partial charge in [-0.2, -0.15) is 5.10 Å². The van der Waals surface area contributed by atoms with E-state index in [0.29, 0.717) is 11.3 Å². The summed E-state index contributed by atoms with van der Waals surface area (Å²) < 4.78 is 14.6. The molecule has 0 spiro atoms. The number of anilines is 1. The molecule has 0 atom stereocenters. The SMILES string of the molecule is Cc1cn2nc(C(=O)Nc3cccc(F)c3)ccc2n1. The van der Waals surface area contributed by atoms with E-state index < -0.39 is 11.7 Å². The normalized spacial score (nSPS) is 10.7. The summed E-state index contributed by atoms with van der Waals surface area (Å²) in [4.78, 5) is 16.3. The number of halogens is 1. The largest absolute Gasteiger partial charge is 0.320 e. The Labute approximate surface area is 114 Å². The van der Waals surface area contributed by atoms with E-state index in [4.69, 9.17) is 0 Å². The number of imidazole rings is 1. The van der Waals surface area contributed by atoms with Gasteiger partial charge in [-0.3, -0.25) is 4.79 Å². The molecule has 0 aliphatic rings. The minimum atomic E-state index is -0.406. The van der Waals surface area contributed by atoms with E-state index in [2.05, 4.69) is 15.4 Å². The number of fused-ring (bicyclic) bond motifs is 1. The van der Waals surface area contributed by atoms with Gasteiger partial charge in [0.05, 0.1) is 11.9 Å². The van der Waals surface area contributed by atoms with Crippen LogP contribution in [-0.4, -0.2) is 20.5 Å². The van der Waals surface area contributed by atoms with Crippen LogP contribution in [0.3, 0.4) is 0 Å². The Morgan fingerprint density at radius 2 is 2.15 bits per heavy atom. The molecule has 100 valence electrons. The molecule has 20 heavy (non-hydrogen) atoms. The van der Waals surface area contributed by atoms with Crippen molar-refractivity contribution in [3.8, 4) is 0 Å². The third-order valence-electron chi connectivity index (χ3n) is 2.76. The van der Waals surface area contributed by atoms with Crippen molar-refractivity contribution in [2.24, 2.45) is 0 Å². The number of aromatic nitrogens is 3. The lowest BCUT2D eigenvalue weighted by Gasteiger charge is -2.04. The zero-order chi connectivity index (χ0) is 14.1. The number of aryl methyl sites for hydroxylation is 1. The fourth-order valence-electron chi connectivity index (χ4n) is 1.88. The number of hydrogen-bond acceptors (Lipinski definition) is 3. The maximum absolute atomic E-state index is 13.1. The van der Waals surface area contributed by atoms with E-state index >= 15 is 0 Å². The third-order valence-corrected chi connectivity index (χ3v) is 2.76. The molecule has 0 aliphatic carbocycles. The molecule has 2 heterocycles. The molecule has 1 N–H and O–H groups in total. The first-order chi connectivity index (χ1) is 9.61. The van der Waals surface area contributed by atoms with E-state index in [1.807, 2.05) is 6.92 Å². The number of amides is 1. The van der Waals surface area contributed by atoms with Crippen LogP contribution in [0.5, 0.6) is 0 Å². The Balaban J connectivity index is 1.88. The smallest absolute Gasteiger partial charge is 0.276 e. The monoisotopic (exact) mass is 270 g/mol. The van der Waals surface area contributed by atoms with Crippen molar-refractivity contribution in [2.45, 2.75) is 6.92 Å². The van der Waals surface area contributed by atoms with Gasteiger partial charge in [0.1, 0.15) is 11.5 Å². The number of carbonyl (C=O) groups excluding carboxylic acids is 1. The molecule has 0 saturated heterocycles. The van der Waals surface area contributed by atoms with Crippen molar-refractivity contribution in [3.05, 3.63) is 59.8 Å². The van der Waals surface area contributed by atoms with Gasteiger partial charge in [0.2, 0.25) is 0 Å². The highest BCUT2D eigenvalue weighted by atomic mass is 19.1. The third kappa shape index (κ3) is 2.35. The summed E-state index contributed by atoms with van der Waals surface area (Å²) in [6, 6.07) is 8.99. The predicted molar refractivity (Wildman–Crippen MR) is 72.1 cm³/mol. The second-order valence-electron chi connectivity index (χ2n) is 4.37. The minimum Gasteiger partial charge on any atom is -0.320 e. The zero-order valence-electron chi connectivity index (χ0n) is 10.7. The van der Waals surface area contributed by atoms with Crippen molar-refractivity contribution in [3.63, 3.8) is 0 Å². The molecule has 5 nitrogen and oxygen atoms in total. The number of nitrogens with one attached hydrogen (secondary N) is 1. The van der Waals surface area contributed by atoms with Crippen LogP contribution in [-0.2, 0) is 0 Å². The number of carbonyl (C=O) groups is 1. The first kappa shape index (κ1) is 12.3. The molecule has 1 amide bonds. The highest BCUT2D eigenvalue weighted by molar-refractivity contribution is 6.02. The van der Waals surface area contributed by atoms with E-state index in [9.17, 15) is 9.18 Å². The highest BCUT2D eigenvalue weighted by Gasteiger charge is 2.10. The van der Waals surface area contributed by atoms with Crippen molar-refractivity contribution < 1.29 is 9.18 Å². The lowest BCUT2D eigenvalue weighted by atomic mass is 10.3. The molecule has 3 rings (SSSR count). The molecule has 0 radical (unpaired) electrons. The van der Waals surface area contributed by atoms with Crippen molar-refractivity contribution in [1.29, 1.82) is 0 Å². The topological polar surface area (TPSA) is 59.3 Å². The number of rotatable bonds is 2. The molecule has 3 aromatic rings. The quantitative estimate of drug-likeness (QED) is 0.778. The van der Waals surface area contributed by atoms with Gasteiger partial charge in [-0.25, -0.2) is 13.9 Å². The lowest BCUT2D eigenvalue weighted by molar-refractivity contribution is 0.102. The average Bonchev–Trinajstić information content (AvgIpc) is 2.77. The minimum absolute atomic E-state index is 0.235. The fraction of sp³-hybridized carbons (Fsp3) is 0.0714. The second kappa shape index (κ2) is 4.73. The van der Waals surface area contributed by atoms with Crippen molar-refractivity contribution in [1.82, 2.24) is 14.6 Å². The second-order valence-corrected chi connectivity index (χ2v) is 4.37. The predicted octanol–water partition coefficient (Wildman–Crippen LogP) is 2.43. The first-order valence-electron chi connectivity index (χ1n) is 6.02. The maximum Gasteiger partial charge on any atom is 0.276 e. The Morgan fingerprint density at radius 3 is 2.95 bits per heavy atom. The molecular formula is C14H11FN4O. The van der Waals surface area contributed by atoms with Crippen molar-refractivity contribution >= 4 is 17.2 Å². The molecular weight excluding hydrogens is 259 g/mol. The molecule has 0 unspecified atom stereocenters. The molecule has 1 aromatic carbocycles. The Hall–Kier alpha value is -2.76. The standard InChI is InChI=1S/C14H11FN4O/c1-9-8-19-13(16-9)6-5-12(18-19)14(20)17-11-4-2-3-10(15)7-11/h2-8H,1H3,(H,17,20). The Morgan fingerprint density at radius 1 is 1.30 bits per heavy atom. The summed E-state index contributed by atoms with van der Waals surface area (Å²) in [5.74, 6) is -0.805. The van der Waals surface area contributed by atoms with Gasteiger partial charge >= 0.3 is 0 Å². The van der Waals surface area contributed by atoms with Gasteiger partial charge in [0.15, 0.2) is 5.65 Å². The molecule has 6 heteroatoms. The number of hydrogen-bond donors (Lipinski definition) is 1. The number of benzene rings is 1. The van der Waals surface area contributed by atoms with E-state index in [-0.39, 0.29) is 5.69 Å². The van der Waals surface area contributed by atoms with Crippen LogP contribution < -0.4 is 5.32 Å². The Bertz CT molecular complexity index is 797. The van der Waals surface area contributed by atoms with E-state index in [0.717, 1.165) is 5.69 Å². The van der Waals surface area contributed by atoms with Gasteiger partial charge in [0, 0.05) is 5.69 Å². The first-order valence-corrected chi connectivity index (χ1v) is 6.02. The van der Waals surface area contributed by atoms with Crippen LogP contribution in [0, 0.1) is 12.7 Å². The van der Waals surface area contributed by atoms with Crippen LogP contribution in [0.15, 0.2) is 42.6 Å². The zero-order valence-corrected chi connectivity index (χ0v) is 10.7. The summed E-state index contributed by atoms with van der Waals surface area (Å²) in [5.41, 5.74) is 2.11. The van der Waals surface area contributed by atoms with Crippen LogP contribution >= 0.6 is 0 Å². The molecule has 0 fully saturated rings. The van der Waals surface area contributed by atoms with Gasteiger partial charge in [-0.1, -0.05) is 6.07 Å². The van der Waals surface area contributed by atoms with Crippen LogP contribution in [0.2, 0.25) is 0 Å². The van der Waals surface area contributed by atoms with Crippen LogP contribution in [0.1, 0.15) is 16.2 Å². The summed E-state index contributed by atoms with van der Waals surface area (Å²) in [6.07, 6.45) is 1.73. The lowest BCUT2D eigenvalue weighted by Crippen LogP contribution is -2.15. The van der Waals surface area contributed by atoms with Crippen LogP contribution in [0.4, 0.5) is 10.1 Å². The van der Waals surface area contributed by atoms with Crippen molar-refractivity contribution in [2.75, 3.05) is 5.32 Å². The molecule has 2 aromatic heterocycles. The van der Waals surface area contributed by atoms with Gasteiger partial charge in [-0.05, 0) is 37.3 Å². The highest BCUT2D eigenvalue weighted by Crippen LogP contribution is 2.11. The summed E-state index contributed by atoms with van der Waals surface area (Å²) in [5, 5.41) is 6.76. The Kier molecular flexibility index (Phi) is 2.90. The van der Waals surface area contributed by atoms with Gasteiger partial charge < -0.3 is 5.32 Å². The number of nitrogens with zero attached hydrogens (tertiary/aromatic N) is 3. The summed E-state index contributed by atoms with van der Waals surface area (Å²) >= 11 is 0. The van der Waals surface area contributed by atoms with Gasteiger partial charge in [0.25, 0.3) is 5.91 Å². The van der Waals surface area contributed by atoms with Crippen LogP contribution in [0.25, 0.3) is 5.65 Å².